The number of carbonyl (C=O) groups excluding carboxylic acids is 1. The Balaban J connectivity index is 1.82. The van der Waals surface area contributed by atoms with Crippen molar-refractivity contribution in [2.75, 3.05) is 19.8 Å². The highest BCUT2D eigenvalue weighted by Crippen LogP contribution is 2.33. The van der Waals surface area contributed by atoms with E-state index in [1.165, 1.54) is 0 Å². The molecular weight excluding hydrogens is 266 g/mol. The standard InChI is InChI=1S/C14H16ClNO3/c15-10-3-8-1-2-19-14(8)9(4-10)5-13(17)11-6-18-7-12(11)16/h3-4,11-12H,1-2,5-7,16H2. The van der Waals surface area contributed by atoms with Gasteiger partial charge in [0.15, 0.2) is 0 Å². The van der Waals surface area contributed by atoms with Crippen molar-refractivity contribution in [2.24, 2.45) is 11.7 Å². The molecule has 0 amide bonds. The second kappa shape index (κ2) is 5.12. The Hall–Kier alpha value is -1.10. The highest BCUT2D eigenvalue weighted by atomic mass is 35.5. The lowest BCUT2D eigenvalue weighted by Gasteiger charge is -2.13. The lowest BCUT2D eigenvalue weighted by atomic mass is 9.93. The van der Waals surface area contributed by atoms with Gasteiger partial charge in [0.05, 0.1) is 25.7 Å². The summed E-state index contributed by atoms with van der Waals surface area (Å²) in [7, 11) is 0. The Bertz CT molecular complexity index is 518. The van der Waals surface area contributed by atoms with Gasteiger partial charge >= 0.3 is 0 Å². The zero-order chi connectivity index (χ0) is 13.4. The van der Waals surface area contributed by atoms with Crippen LogP contribution in [0.5, 0.6) is 5.75 Å². The molecular formula is C14H16ClNO3. The number of carbonyl (C=O) groups is 1. The van der Waals surface area contributed by atoms with Crippen LogP contribution in [0.4, 0.5) is 0 Å². The van der Waals surface area contributed by atoms with E-state index in [9.17, 15) is 4.79 Å². The first-order valence-electron chi connectivity index (χ1n) is 6.45. The summed E-state index contributed by atoms with van der Waals surface area (Å²) in [6.07, 6.45) is 1.16. The van der Waals surface area contributed by atoms with Crippen LogP contribution in [-0.4, -0.2) is 31.6 Å². The first-order chi connectivity index (χ1) is 9.15. The summed E-state index contributed by atoms with van der Waals surface area (Å²) in [5.74, 6) is 0.714. The smallest absolute Gasteiger partial charge is 0.144 e. The minimum Gasteiger partial charge on any atom is -0.493 e. The average Bonchev–Trinajstić information content (AvgIpc) is 2.97. The fraction of sp³-hybridized carbons (Fsp3) is 0.500. The number of ketones is 1. The van der Waals surface area contributed by atoms with Gasteiger partial charge in [-0.25, -0.2) is 0 Å². The van der Waals surface area contributed by atoms with E-state index in [0.717, 1.165) is 23.3 Å². The van der Waals surface area contributed by atoms with E-state index in [1.807, 2.05) is 12.1 Å². The third-order valence-electron chi connectivity index (χ3n) is 3.73. The molecule has 2 heterocycles. The van der Waals surface area contributed by atoms with E-state index in [4.69, 9.17) is 26.8 Å². The number of benzene rings is 1. The van der Waals surface area contributed by atoms with Gasteiger partial charge in [-0.1, -0.05) is 11.6 Å². The zero-order valence-corrected chi connectivity index (χ0v) is 11.3. The fourth-order valence-electron chi connectivity index (χ4n) is 2.70. The molecule has 5 heteroatoms. The summed E-state index contributed by atoms with van der Waals surface area (Å²) >= 11 is 6.08. The molecule has 0 spiro atoms. The van der Waals surface area contributed by atoms with Gasteiger partial charge in [0.25, 0.3) is 0 Å². The summed E-state index contributed by atoms with van der Waals surface area (Å²) in [5.41, 5.74) is 7.82. The molecule has 0 aliphatic carbocycles. The SMILES string of the molecule is NC1COCC1C(=O)Cc1cc(Cl)cc2c1OCC2. The molecule has 2 unspecified atom stereocenters. The van der Waals surface area contributed by atoms with Crippen LogP contribution in [0.25, 0.3) is 0 Å². The number of Topliss-reactive ketones (excluding diaryl/α,β-unsaturated/α-hetero) is 1. The molecule has 0 bridgehead atoms. The average molecular weight is 282 g/mol. The molecule has 2 N–H and O–H groups in total. The summed E-state index contributed by atoms with van der Waals surface area (Å²) in [6, 6.07) is 3.52. The Morgan fingerprint density at radius 2 is 2.26 bits per heavy atom. The van der Waals surface area contributed by atoms with Crippen LogP contribution in [0.3, 0.4) is 0 Å². The van der Waals surface area contributed by atoms with Crippen LogP contribution in [0.1, 0.15) is 11.1 Å². The monoisotopic (exact) mass is 281 g/mol. The molecule has 2 aliphatic heterocycles. The van der Waals surface area contributed by atoms with Gasteiger partial charge in [0.2, 0.25) is 0 Å². The van der Waals surface area contributed by atoms with Crippen molar-refractivity contribution in [3.8, 4) is 5.75 Å². The van der Waals surface area contributed by atoms with E-state index in [1.54, 1.807) is 0 Å². The molecule has 1 fully saturated rings. The fourth-order valence-corrected chi connectivity index (χ4v) is 2.96. The maximum Gasteiger partial charge on any atom is 0.144 e. The maximum absolute atomic E-state index is 12.3. The third-order valence-corrected chi connectivity index (χ3v) is 3.95. The van der Waals surface area contributed by atoms with Crippen molar-refractivity contribution < 1.29 is 14.3 Å². The van der Waals surface area contributed by atoms with E-state index in [-0.39, 0.29) is 17.7 Å². The van der Waals surface area contributed by atoms with E-state index in [2.05, 4.69) is 0 Å². The van der Waals surface area contributed by atoms with E-state index >= 15 is 0 Å². The predicted octanol–water partition coefficient (Wildman–Crippen LogP) is 1.36. The van der Waals surface area contributed by atoms with Gasteiger partial charge in [-0.2, -0.15) is 0 Å². The van der Waals surface area contributed by atoms with Gasteiger partial charge in [0, 0.05) is 29.5 Å². The van der Waals surface area contributed by atoms with Gasteiger partial charge in [0.1, 0.15) is 11.5 Å². The second-order valence-corrected chi connectivity index (χ2v) is 5.54. The number of hydrogen-bond donors (Lipinski definition) is 1. The molecule has 19 heavy (non-hydrogen) atoms. The molecule has 1 saturated heterocycles. The van der Waals surface area contributed by atoms with Gasteiger partial charge in [-0.05, 0) is 17.7 Å². The molecule has 0 aromatic heterocycles. The number of fused-ring (bicyclic) bond motifs is 1. The van der Waals surface area contributed by atoms with Crippen LogP contribution in [0.15, 0.2) is 12.1 Å². The van der Waals surface area contributed by atoms with Crippen molar-refractivity contribution in [1.29, 1.82) is 0 Å². The quantitative estimate of drug-likeness (QED) is 0.909. The summed E-state index contributed by atoms with van der Waals surface area (Å²) in [5, 5.41) is 0.652. The van der Waals surface area contributed by atoms with Crippen LogP contribution < -0.4 is 10.5 Å². The summed E-state index contributed by atoms with van der Waals surface area (Å²) in [6.45, 7) is 1.53. The van der Waals surface area contributed by atoms with Crippen molar-refractivity contribution >= 4 is 17.4 Å². The first kappa shape index (κ1) is 12.9. The second-order valence-electron chi connectivity index (χ2n) is 5.10. The van der Waals surface area contributed by atoms with Crippen LogP contribution in [-0.2, 0) is 22.4 Å². The minimum absolute atomic E-state index is 0.102. The van der Waals surface area contributed by atoms with E-state index < -0.39 is 0 Å². The molecule has 2 atom stereocenters. The summed E-state index contributed by atoms with van der Waals surface area (Å²) in [4.78, 5) is 12.3. The Kier molecular flexibility index (Phi) is 3.48. The van der Waals surface area contributed by atoms with Crippen LogP contribution >= 0.6 is 11.6 Å². The largest absolute Gasteiger partial charge is 0.493 e. The predicted molar refractivity (Wildman–Crippen MR) is 71.6 cm³/mol. The zero-order valence-electron chi connectivity index (χ0n) is 10.5. The molecule has 3 rings (SSSR count). The topological polar surface area (TPSA) is 61.5 Å². The van der Waals surface area contributed by atoms with Crippen LogP contribution in [0, 0.1) is 5.92 Å². The number of ether oxygens (including phenoxy) is 2. The highest BCUT2D eigenvalue weighted by molar-refractivity contribution is 6.30. The number of rotatable bonds is 3. The highest BCUT2D eigenvalue weighted by Gasteiger charge is 2.32. The Morgan fingerprint density at radius 1 is 1.42 bits per heavy atom. The minimum atomic E-state index is -0.212. The molecule has 0 saturated carbocycles. The van der Waals surface area contributed by atoms with Crippen molar-refractivity contribution in [2.45, 2.75) is 18.9 Å². The molecule has 102 valence electrons. The molecule has 4 nitrogen and oxygen atoms in total. The lowest BCUT2D eigenvalue weighted by Crippen LogP contribution is -2.34. The number of nitrogens with two attached hydrogens (primary N) is 1. The molecule has 0 radical (unpaired) electrons. The molecule has 2 aliphatic rings. The Labute approximate surface area is 116 Å². The van der Waals surface area contributed by atoms with Gasteiger partial charge in [-0.3, -0.25) is 4.79 Å². The maximum atomic E-state index is 12.3. The normalized spacial score (nSPS) is 25.2. The number of halogens is 1. The van der Waals surface area contributed by atoms with Crippen molar-refractivity contribution in [3.63, 3.8) is 0 Å². The lowest BCUT2D eigenvalue weighted by molar-refractivity contribution is -0.122. The number of hydrogen-bond acceptors (Lipinski definition) is 4. The van der Waals surface area contributed by atoms with Gasteiger partial charge in [-0.15, -0.1) is 0 Å². The Morgan fingerprint density at radius 3 is 3.00 bits per heavy atom. The van der Waals surface area contributed by atoms with Gasteiger partial charge < -0.3 is 15.2 Å². The van der Waals surface area contributed by atoms with Crippen molar-refractivity contribution in [3.05, 3.63) is 28.3 Å². The molecule has 1 aromatic rings. The van der Waals surface area contributed by atoms with Crippen molar-refractivity contribution in [1.82, 2.24) is 0 Å². The van der Waals surface area contributed by atoms with Crippen LogP contribution in [0.2, 0.25) is 5.02 Å². The van der Waals surface area contributed by atoms with E-state index in [0.29, 0.717) is 31.3 Å². The summed E-state index contributed by atoms with van der Waals surface area (Å²) < 4.78 is 10.8. The first-order valence-corrected chi connectivity index (χ1v) is 6.83. The molecule has 1 aromatic carbocycles. The third kappa shape index (κ3) is 2.48.